The Morgan fingerprint density at radius 2 is 1.86 bits per heavy atom. The van der Waals surface area contributed by atoms with Gasteiger partial charge in [-0.25, -0.2) is 0 Å². The van der Waals surface area contributed by atoms with E-state index < -0.39 is 17.8 Å². The van der Waals surface area contributed by atoms with E-state index in [9.17, 15) is 20.0 Å². The van der Waals surface area contributed by atoms with Crippen LogP contribution in [-0.2, 0) is 22.4 Å². The maximum Gasteiger partial charge on any atom is 0.307 e. The summed E-state index contributed by atoms with van der Waals surface area (Å²) in [5.74, 6) is -2.18. The van der Waals surface area contributed by atoms with Gasteiger partial charge in [0, 0.05) is 4.88 Å². The molecular weight excluding hydrogens is 384 g/mol. The van der Waals surface area contributed by atoms with Crippen LogP contribution in [0.25, 0.3) is 0 Å². The van der Waals surface area contributed by atoms with E-state index in [-0.39, 0.29) is 5.91 Å². The third kappa shape index (κ3) is 3.83. The first-order chi connectivity index (χ1) is 14.1. The van der Waals surface area contributed by atoms with Gasteiger partial charge in [-0.2, -0.15) is 5.26 Å². The molecule has 2 aliphatic carbocycles. The van der Waals surface area contributed by atoms with E-state index in [2.05, 4.69) is 23.5 Å². The molecule has 2 aliphatic rings. The topological polar surface area (TPSA) is 90.2 Å². The van der Waals surface area contributed by atoms with Crippen LogP contribution in [-0.4, -0.2) is 17.0 Å². The number of carboxylic acid groups (broad SMARTS) is 1. The van der Waals surface area contributed by atoms with Crippen molar-refractivity contribution in [3.63, 3.8) is 0 Å². The third-order valence-electron chi connectivity index (χ3n) is 5.97. The van der Waals surface area contributed by atoms with E-state index in [0.717, 1.165) is 29.7 Å². The molecule has 2 N–H and O–H groups in total. The molecule has 0 spiro atoms. The largest absolute Gasteiger partial charge is 0.481 e. The molecule has 0 saturated heterocycles. The average molecular weight is 407 g/mol. The number of nitrogens with zero attached hydrogens (tertiary/aromatic N) is 1. The zero-order valence-corrected chi connectivity index (χ0v) is 16.7. The molecule has 0 fully saturated rings. The summed E-state index contributed by atoms with van der Waals surface area (Å²) in [6.07, 6.45) is 7.09. The molecule has 6 heteroatoms. The number of amides is 1. The second-order valence-corrected chi connectivity index (χ2v) is 8.76. The van der Waals surface area contributed by atoms with Crippen molar-refractivity contribution in [1.82, 2.24) is 0 Å². The summed E-state index contributed by atoms with van der Waals surface area (Å²) in [7, 11) is 0. The van der Waals surface area contributed by atoms with Gasteiger partial charge in [0.15, 0.2) is 0 Å². The molecule has 0 radical (unpaired) electrons. The first-order valence-electron chi connectivity index (χ1n) is 9.86. The molecule has 1 amide bonds. The molecule has 1 heterocycles. The molecule has 148 valence electrons. The SMILES string of the molecule is N#Cc1c(NC(=O)[C@H]2CC=CC[C@H]2C(=O)O)sc2c1CC[C@@H](c1ccccc1)C2. The van der Waals surface area contributed by atoms with Crippen molar-refractivity contribution >= 4 is 28.2 Å². The lowest BCUT2D eigenvalue weighted by Gasteiger charge is -2.23. The zero-order valence-electron chi connectivity index (χ0n) is 15.9. The lowest BCUT2D eigenvalue weighted by Crippen LogP contribution is -2.34. The summed E-state index contributed by atoms with van der Waals surface area (Å²) in [4.78, 5) is 25.5. The smallest absolute Gasteiger partial charge is 0.307 e. The van der Waals surface area contributed by atoms with Crippen molar-refractivity contribution in [2.24, 2.45) is 11.8 Å². The first-order valence-corrected chi connectivity index (χ1v) is 10.7. The zero-order chi connectivity index (χ0) is 20.4. The van der Waals surface area contributed by atoms with Crippen LogP contribution in [0.3, 0.4) is 0 Å². The summed E-state index contributed by atoms with van der Waals surface area (Å²) in [6.45, 7) is 0. The second-order valence-electron chi connectivity index (χ2n) is 7.65. The number of benzene rings is 1. The highest BCUT2D eigenvalue weighted by molar-refractivity contribution is 7.16. The molecule has 4 rings (SSSR count). The van der Waals surface area contributed by atoms with Gasteiger partial charge in [-0.05, 0) is 49.1 Å². The fourth-order valence-corrected chi connectivity index (χ4v) is 5.66. The van der Waals surface area contributed by atoms with Gasteiger partial charge in [-0.3, -0.25) is 9.59 Å². The molecule has 0 bridgehead atoms. The van der Waals surface area contributed by atoms with Crippen molar-refractivity contribution in [2.75, 3.05) is 5.32 Å². The van der Waals surface area contributed by atoms with Crippen LogP contribution in [0.2, 0.25) is 0 Å². The normalized spacial score (nSPS) is 23.1. The predicted molar refractivity (Wildman–Crippen MR) is 112 cm³/mol. The molecule has 29 heavy (non-hydrogen) atoms. The van der Waals surface area contributed by atoms with Crippen molar-refractivity contribution in [3.05, 3.63) is 64.1 Å². The number of nitriles is 1. The van der Waals surface area contributed by atoms with Crippen LogP contribution in [0.15, 0.2) is 42.5 Å². The Morgan fingerprint density at radius 1 is 1.14 bits per heavy atom. The third-order valence-corrected chi connectivity index (χ3v) is 7.14. The summed E-state index contributed by atoms with van der Waals surface area (Å²) in [5.41, 5.74) is 2.88. The van der Waals surface area contributed by atoms with Crippen LogP contribution in [0.4, 0.5) is 5.00 Å². The highest BCUT2D eigenvalue weighted by Crippen LogP contribution is 2.42. The van der Waals surface area contributed by atoms with Crippen LogP contribution < -0.4 is 5.32 Å². The van der Waals surface area contributed by atoms with Crippen LogP contribution in [0.5, 0.6) is 0 Å². The number of nitrogens with one attached hydrogen (secondary N) is 1. The summed E-state index contributed by atoms with van der Waals surface area (Å²) < 4.78 is 0. The Hall–Kier alpha value is -2.91. The van der Waals surface area contributed by atoms with Gasteiger partial charge in [0.2, 0.25) is 5.91 Å². The molecule has 1 aromatic carbocycles. The summed E-state index contributed by atoms with van der Waals surface area (Å²) in [6, 6.07) is 12.6. The van der Waals surface area contributed by atoms with E-state index in [0.29, 0.717) is 29.3 Å². The van der Waals surface area contributed by atoms with E-state index in [1.807, 2.05) is 30.4 Å². The molecular formula is C23H22N2O3S. The monoisotopic (exact) mass is 406 g/mol. The van der Waals surface area contributed by atoms with Crippen molar-refractivity contribution in [1.29, 1.82) is 5.26 Å². The number of aliphatic carboxylic acids is 1. The van der Waals surface area contributed by atoms with Crippen LogP contribution in [0.1, 0.15) is 46.7 Å². The number of hydrogen-bond acceptors (Lipinski definition) is 4. The number of fused-ring (bicyclic) bond motifs is 1. The van der Waals surface area contributed by atoms with Gasteiger partial charge < -0.3 is 10.4 Å². The quantitative estimate of drug-likeness (QED) is 0.732. The predicted octanol–water partition coefficient (Wildman–Crippen LogP) is 4.50. The Labute approximate surface area is 173 Å². The van der Waals surface area contributed by atoms with Crippen molar-refractivity contribution in [2.45, 2.75) is 38.0 Å². The molecule has 0 unspecified atom stereocenters. The van der Waals surface area contributed by atoms with Crippen LogP contribution in [0, 0.1) is 23.2 Å². The molecule has 2 aromatic rings. The minimum absolute atomic E-state index is 0.309. The number of rotatable bonds is 4. The molecule has 0 saturated carbocycles. The number of carboxylic acids is 1. The lowest BCUT2D eigenvalue weighted by molar-refractivity contribution is -0.146. The fraction of sp³-hybridized carbons (Fsp3) is 0.348. The Balaban J connectivity index is 1.56. The Bertz CT molecular complexity index is 1000. The molecule has 3 atom stereocenters. The van der Waals surface area contributed by atoms with E-state index in [4.69, 9.17) is 0 Å². The number of anilines is 1. The lowest BCUT2D eigenvalue weighted by atomic mass is 9.82. The van der Waals surface area contributed by atoms with E-state index in [1.54, 1.807) is 0 Å². The van der Waals surface area contributed by atoms with Gasteiger partial charge in [-0.1, -0.05) is 42.5 Å². The number of hydrogen-bond donors (Lipinski definition) is 2. The molecule has 1 aromatic heterocycles. The first kappa shape index (κ1) is 19.4. The van der Waals surface area contributed by atoms with Gasteiger partial charge >= 0.3 is 5.97 Å². The fourth-order valence-electron chi connectivity index (χ4n) is 4.38. The summed E-state index contributed by atoms with van der Waals surface area (Å²) in [5, 5.41) is 22.6. The van der Waals surface area contributed by atoms with Gasteiger partial charge in [0.1, 0.15) is 11.1 Å². The summed E-state index contributed by atoms with van der Waals surface area (Å²) >= 11 is 1.47. The number of carbonyl (C=O) groups excluding carboxylic acids is 1. The molecule has 0 aliphatic heterocycles. The van der Waals surface area contributed by atoms with Gasteiger partial charge in [0.05, 0.1) is 17.4 Å². The Kier molecular flexibility index (Phi) is 5.50. The minimum atomic E-state index is -0.953. The van der Waals surface area contributed by atoms with E-state index in [1.165, 1.54) is 16.9 Å². The Morgan fingerprint density at radius 3 is 2.55 bits per heavy atom. The van der Waals surface area contributed by atoms with Crippen LogP contribution >= 0.6 is 11.3 Å². The number of carbonyl (C=O) groups is 2. The van der Waals surface area contributed by atoms with Crippen molar-refractivity contribution in [3.8, 4) is 6.07 Å². The highest BCUT2D eigenvalue weighted by atomic mass is 32.1. The molecule has 5 nitrogen and oxygen atoms in total. The number of allylic oxidation sites excluding steroid dienone is 2. The number of thiophene rings is 1. The van der Waals surface area contributed by atoms with Gasteiger partial charge in [0.25, 0.3) is 0 Å². The second kappa shape index (κ2) is 8.22. The van der Waals surface area contributed by atoms with Crippen molar-refractivity contribution < 1.29 is 14.7 Å². The minimum Gasteiger partial charge on any atom is -0.481 e. The maximum atomic E-state index is 12.8. The standard InChI is InChI=1S/C23H22N2O3S/c24-13-19-16-11-10-15(14-6-2-1-3-7-14)12-20(16)29-22(19)25-21(26)17-8-4-5-9-18(17)23(27)28/h1-7,15,17-18H,8-12H2,(H,25,26)(H,27,28)/t15-,17+,18-/m1/s1. The average Bonchev–Trinajstić information content (AvgIpc) is 3.10. The van der Waals surface area contributed by atoms with E-state index >= 15 is 0 Å². The highest BCUT2D eigenvalue weighted by Gasteiger charge is 2.35. The maximum absolute atomic E-state index is 12.8. The van der Waals surface area contributed by atoms with Gasteiger partial charge in [-0.15, -0.1) is 11.3 Å².